The number of nitrogens with zero attached hydrogens (tertiary/aromatic N) is 2. The number of aromatic nitrogens is 2. The molecule has 20 heavy (non-hydrogen) atoms. The van der Waals surface area contributed by atoms with E-state index in [2.05, 4.69) is 15.7 Å². The lowest BCUT2D eigenvalue weighted by Gasteiger charge is -2.04. The standard InChI is InChI=1S/C15H20N4O/c1-3-16-9-10-17-15(20)14-11-12(2)19(18-14)13-7-5-4-6-8-13/h4-8,11,16H,3,9-10H2,1-2H3,(H,17,20). The van der Waals surface area contributed by atoms with Gasteiger partial charge in [0.2, 0.25) is 0 Å². The van der Waals surface area contributed by atoms with Crippen LogP contribution in [0.15, 0.2) is 36.4 Å². The van der Waals surface area contributed by atoms with E-state index in [4.69, 9.17) is 0 Å². The summed E-state index contributed by atoms with van der Waals surface area (Å²) in [5.41, 5.74) is 2.34. The Balaban J connectivity index is 2.05. The molecule has 0 aliphatic carbocycles. The van der Waals surface area contributed by atoms with Crippen LogP contribution >= 0.6 is 0 Å². The van der Waals surface area contributed by atoms with Crippen molar-refractivity contribution in [3.05, 3.63) is 47.8 Å². The molecule has 1 heterocycles. The minimum Gasteiger partial charge on any atom is -0.349 e. The van der Waals surface area contributed by atoms with Crippen molar-refractivity contribution < 1.29 is 4.79 Å². The highest BCUT2D eigenvalue weighted by Crippen LogP contribution is 2.11. The van der Waals surface area contributed by atoms with E-state index in [0.29, 0.717) is 12.2 Å². The maximum absolute atomic E-state index is 12.0. The van der Waals surface area contributed by atoms with Gasteiger partial charge < -0.3 is 10.6 Å². The van der Waals surface area contributed by atoms with Gasteiger partial charge in [-0.2, -0.15) is 5.10 Å². The van der Waals surface area contributed by atoms with Crippen LogP contribution in [0, 0.1) is 6.92 Å². The number of likely N-dealkylation sites (N-methyl/N-ethyl adjacent to an activating group) is 1. The molecule has 0 saturated heterocycles. The van der Waals surface area contributed by atoms with Crippen molar-refractivity contribution in [2.45, 2.75) is 13.8 Å². The number of hydrogen-bond donors (Lipinski definition) is 2. The van der Waals surface area contributed by atoms with Gasteiger partial charge in [0.25, 0.3) is 5.91 Å². The molecule has 0 atom stereocenters. The molecule has 0 aliphatic rings. The zero-order valence-electron chi connectivity index (χ0n) is 11.9. The molecule has 0 bridgehead atoms. The number of carbonyl (C=O) groups excluding carboxylic acids is 1. The lowest BCUT2D eigenvalue weighted by molar-refractivity contribution is 0.0948. The Labute approximate surface area is 119 Å². The first-order valence-electron chi connectivity index (χ1n) is 6.83. The second kappa shape index (κ2) is 6.86. The number of para-hydroxylation sites is 1. The van der Waals surface area contributed by atoms with Gasteiger partial charge in [-0.25, -0.2) is 4.68 Å². The van der Waals surface area contributed by atoms with Crippen molar-refractivity contribution in [2.24, 2.45) is 0 Å². The van der Waals surface area contributed by atoms with E-state index in [1.807, 2.05) is 44.2 Å². The quantitative estimate of drug-likeness (QED) is 0.784. The molecule has 1 amide bonds. The fourth-order valence-electron chi connectivity index (χ4n) is 1.95. The molecule has 5 heteroatoms. The first-order chi connectivity index (χ1) is 9.72. The molecule has 1 aromatic heterocycles. The topological polar surface area (TPSA) is 58.9 Å². The van der Waals surface area contributed by atoms with Crippen LogP contribution in [0.2, 0.25) is 0 Å². The van der Waals surface area contributed by atoms with Crippen LogP contribution in [0.3, 0.4) is 0 Å². The van der Waals surface area contributed by atoms with Crippen LogP contribution in [0.1, 0.15) is 23.1 Å². The Bertz CT molecular complexity index is 563. The molecule has 2 aromatic rings. The zero-order valence-corrected chi connectivity index (χ0v) is 11.9. The summed E-state index contributed by atoms with van der Waals surface area (Å²) in [7, 11) is 0. The van der Waals surface area contributed by atoms with Crippen molar-refractivity contribution in [1.29, 1.82) is 0 Å². The average molecular weight is 272 g/mol. The first-order valence-corrected chi connectivity index (χ1v) is 6.83. The second-order valence-corrected chi connectivity index (χ2v) is 4.53. The maximum atomic E-state index is 12.0. The summed E-state index contributed by atoms with van der Waals surface area (Å²) >= 11 is 0. The van der Waals surface area contributed by atoms with Crippen LogP contribution in [0.4, 0.5) is 0 Å². The van der Waals surface area contributed by atoms with Gasteiger partial charge in [-0.05, 0) is 31.7 Å². The number of rotatable bonds is 6. The molecule has 0 fully saturated rings. The second-order valence-electron chi connectivity index (χ2n) is 4.53. The van der Waals surface area contributed by atoms with E-state index in [1.165, 1.54) is 0 Å². The number of nitrogens with one attached hydrogen (secondary N) is 2. The summed E-state index contributed by atoms with van der Waals surface area (Å²) in [4.78, 5) is 12.0. The Morgan fingerprint density at radius 1 is 1.25 bits per heavy atom. The molecule has 5 nitrogen and oxygen atoms in total. The van der Waals surface area contributed by atoms with Crippen molar-refractivity contribution in [3.63, 3.8) is 0 Å². The van der Waals surface area contributed by atoms with E-state index in [0.717, 1.165) is 24.5 Å². The lowest BCUT2D eigenvalue weighted by Crippen LogP contribution is -2.32. The Kier molecular flexibility index (Phi) is 4.90. The van der Waals surface area contributed by atoms with Crippen molar-refractivity contribution in [2.75, 3.05) is 19.6 Å². The number of aryl methyl sites for hydroxylation is 1. The molecule has 0 spiro atoms. The van der Waals surface area contributed by atoms with E-state index >= 15 is 0 Å². The van der Waals surface area contributed by atoms with E-state index in [9.17, 15) is 4.79 Å². The third kappa shape index (κ3) is 3.45. The SMILES string of the molecule is CCNCCNC(=O)c1cc(C)n(-c2ccccc2)n1. The minimum absolute atomic E-state index is 0.138. The minimum atomic E-state index is -0.138. The van der Waals surface area contributed by atoms with E-state index < -0.39 is 0 Å². The molecular formula is C15H20N4O. The Hall–Kier alpha value is -2.14. The van der Waals surface area contributed by atoms with Gasteiger partial charge in [-0.15, -0.1) is 0 Å². The molecule has 1 aromatic carbocycles. The fourth-order valence-corrected chi connectivity index (χ4v) is 1.95. The largest absolute Gasteiger partial charge is 0.349 e. The van der Waals surface area contributed by atoms with Gasteiger partial charge in [0, 0.05) is 18.8 Å². The number of carbonyl (C=O) groups is 1. The molecule has 0 unspecified atom stereocenters. The molecular weight excluding hydrogens is 252 g/mol. The smallest absolute Gasteiger partial charge is 0.271 e. The summed E-state index contributed by atoms with van der Waals surface area (Å²) in [6.45, 7) is 6.24. The van der Waals surface area contributed by atoms with Gasteiger partial charge in [0.05, 0.1) is 5.69 Å². The molecule has 2 rings (SSSR count). The number of hydrogen-bond acceptors (Lipinski definition) is 3. The zero-order chi connectivity index (χ0) is 14.4. The molecule has 0 aliphatic heterocycles. The monoisotopic (exact) mass is 272 g/mol. The first kappa shape index (κ1) is 14.3. The van der Waals surface area contributed by atoms with Gasteiger partial charge in [-0.3, -0.25) is 4.79 Å². The molecule has 0 saturated carbocycles. The van der Waals surface area contributed by atoms with Gasteiger partial charge in [0.15, 0.2) is 5.69 Å². The number of benzene rings is 1. The molecule has 106 valence electrons. The Morgan fingerprint density at radius 2 is 2.00 bits per heavy atom. The van der Waals surface area contributed by atoms with Gasteiger partial charge in [-0.1, -0.05) is 25.1 Å². The predicted molar refractivity (Wildman–Crippen MR) is 79.2 cm³/mol. The lowest BCUT2D eigenvalue weighted by atomic mass is 10.3. The number of amides is 1. The van der Waals surface area contributed by atoms with E-state index in [1.54, 1.807) is 10.7 Å². The highest BCUT2D eigenvalue weighted by atomic mass is 16.1. The van der Waals surface area contributed by atoms with Crippen molar-refractivity contribution in [1.82, 2.24) is 20.4 Å². The van der Waals surface area contributed by atoms with Crippen molar-refractivity contribution >= 4 is 5.91 Å². The normalized spacial score (nSPS) is 10.5. The maximum Gasteiger partial charge on any atom is 0.271 e. The van der Waals surface area contributed by atoms with Gasteiger partial charge >= 0.3 is 0 Å². The Morgan fingerprint density at radius 3 is 2.70 bits per heavy atom. The predicted octanol–water partition coefficient (Wildman–Crippen LogP) is 1.52. The van der Waals surface area contributed by atoms with Crippen LogP contribution in [-0.2, 0) is 0 Å². The van der Waals surface area contributed by atoms with Crippen LogP contribution in [0.5, 0.6) is 0 Å². The van der Waals surface area contributed by atoms with Gasteiger partial charge in [0.1, 0.15) is 0 Å². The average Bonchev–Trinajstić information content (AvgIpc) is 2.86. The molecule has 0 radical (unpaired) electrons. The van der Waals surface area contributed by atoms with Crippen LogP contribution in [-0.4, -0.2) is 35.3 Å². The third-order valence-corrected chi connectivity index (χ3v) is 2.96. The molecule has 2 N–H and O–H groups in total. The highest BCUT2D eigenvalue weighted by Gasteiger charge is 2.12. The third-order valence-electron chi connectivity index (χ3n) is 2.96. The summed E-state index contributed by atoms with van der Waals surface area (Å²) in [5.74, 6) is -0.138. The summed E-state index contributed by atoms with van der Waals surface area (Å²) in [6.07, 6.45) is 0. The van der Waals surface area contributed by atoms with Crippen LogP contribution < -0.4 is 10.6 Å². The van der Waals surface area contributed by atoms with Crippen molar-refractivity contribution in [3.8, 4) is 5.69 Å². The van der Waals surface area contributed by atoms with Crippen LogP contribution in [0.25, 0.3) is 5.69 Å². The summed E-state index contributed by atoms with van der Waals surface area (Å²) < 4.78 is 1.78. The fraction of sp³-hybridized carbons (Fsp3) is 0.333. The summed E-state index contributed by atoms with van der Waals surface area (Å²) in [5, 5.41) is 10.4. The highest BCUT2D eigenvalue weighted by molar-refractivity contribution is 5.92. The summed E-state index contributed by atoms with van der Waals surface area (Å²) in [6, 6.07) is 11.6. The van der Waals surface area contributed by atoms with E-state index in [-0.39, 0.29) is 5.91 Å².